The Morgan fingerprint density at radius 2 is 2.10 bits per heavy atom. The lowest BCUT2D eigenvalue weighted by Gasteiger charge is -2.13. The number of methoxy groups -OCH3 is 1. The summed E-state index contributed by atoms with van der Waals surface area (Å²) >= 11 is 1.27. The first-order valence-corrected chi connectivity index (χ1v) is 6.84. The van der Waals surface area contributed by atoms with Gasteiger partial charge in [0, 0.05) is 7.11 Å². The van der Waals surface area contributed by atoms with Gasteiger partial charge in [-0.2, -0.15) is 0 Å². The molecule has 20 heavy (non-hydrogen) atoms. The molecule has 0 aliphatic carbocycles. The van der Waals surface area contributed by atoms with Crippen molar-refractivity contribution in [3.63, 3.8) is 0 Å². The second kappa shape index (κ2) is 6.97. The summed E-state index contributed by atoms with van der Waals surface area (Å²) in [6.45, 7) is 2.06. The van der Waals surface area contributed by atoms with Crippen LogP contribution in [0.5, 0.6) is 5.75 Å². The van der Waals surface area contributed by atoms with Gasteiger partial charge in [-0.25, -0.2) is 0 Å². The molecule has 1 N–H and O–H groups in total. The average molecular weight is 293 g/mol. The van der Waals surface area contributed by atoms with Crippen molar-refractivity contribution in [2.24, 2.45) is 0 Å². The molecule has 1 amide bonds. The number of aromatic nitrogens is 2. The zero-order valence-electron chi connectivity index (χ0n) is 11.2. The van der Waals surface area contributed by atoms with Crippen molar-refractivity contribution in [3.05, 3.63) is 35.3 Å². The molecule has 0 aliphatic heterocycles. The molecule has 6 nitrogen and oxygen atoms in total. The highest BCUT2D eigenvalue weighted by Crippen LogP contribution is 2.17. The van der Waals surface area contributed by atoms with Crippen LogP contribution in [0.1, 0.15) is 11.9 Å². The number of nitrogens with zero attached hydrogens (tertiary/aromatic N) is 2. The smallest absolute Gasteiger partial charge is 0.266 e. The van der Waals surface area contributed by atoms with E-state index in [-0.39, 0.29) is 5.91 Å². The first-order valence-electron chi connectivity index (χ1n) is 6.03. The minimum atomic E-state index is -0.618. The molecule has 2 rings (SSSR count). The fourth-order valence-electron chi connectivity index (χ4n) is 1.45. The summed E-state index contributed by atoms with van der Waals surface area (Å²) in [5.74, 6) is 0.376. The largest absolute Gasteiger partial charge is 0.481 e. The van der Waals surface area contributed by atoms with Crippen molar-refractivity contribution in [3.8, 4) is 5.75 Å². The van der Waals surface area contributed by atoms with Gasteiger partial charge >= 0.3 is 0 Å². The van der Waals surface area contributed by atoms with Crippen molar-refractivity contribution in [2.45, 2.75) is 19.6 Å². The van der Waals surface area contributed by atoms with E-state index in [9.17, 15) is 4.79 Å². The third-order valence-corrected chi connectivity index (χ3v) is 3.20. The van der Waals surface area contributed by atoms with Crippen LogP contribution in [-0.4, -0.2) is 29.3 Å². The summed E-state index contributed by atoms with van der Waals surface area (Å²) in [6, 6.07) is 9.18. The number of benzene rings is 1. The monoisotopic (exact) mass is 293 g/mol. The molecule has 7 heteroatoms. The highest BCUT2D eigenvalue weighted by Gasteiger charge is 2.16. The Morgan fingerprint density at radius 3 is 2.80 bits per heavy atom. The minimum absolute atomic E-state index is 0.269. The van der Waals surface area contributed by atoms with Gasteiger partial charge in [-0.15, -0.1) is 10.2 Å². The Morgan fingerprint density at radius 1 is 1.35 bits per heavy atom. The first kappa shape index (κ1) is 14.4. The highest BCUT2D eigenvalue weighted by molar-refractivity contribution is 7.15. The molecular formula is C13H15N3O3S. The molecule has 106 valence electrons. The van der Waals surface area contributed by atoms with Gasteiger partial charge in [0.25, 0.3) is 5.91 Å². The van der Waals surface area contributed by atoms with Crippen LogP contribution in [0.4, 0.5) is 5.13 Å². The van der Waals surface area contributed by atoms with Crippen LogP contribution >= 0.6 is 11.3 Å². The van der Waals surface area contributed by atoms with Crippen molar-refractivity contribution in [1.29, 1.82) is 0 Å². The van der Waals surface area contributed by atoms with E-state index in [1.54, 1.807) is 26.2 Å². The number of rotatable bonds is 6. The van der Waals surface area contributed by atoms with Crippen molar-refractivity contribution in [2.75, 3.05) is 12.4 Å². The van der Waals surface area contributed by atoms with Gasteiger partial charge in [-0.1, -0.05) is 29.5 Å². The number of anilines is 1. The molecule has 2 aromatic rings. The Balaban J connectivity index is 1.90. The summed E-state index contributed by atoms with van der Waals surface area (Å²) in [4.78, 5) is 12.0. The van der Waals surface area contributed by atoms with Crippen LogP contribution < -0.4 is 10.1 Å². The average Bonchev–Trinajstić information content (AvgIpc) is 2.87. The normalized spacial score (nSPS) is 11.9. The van der Waals surface area contributed by atoms with Crippen LogP contribution in [0.25, 0.3) is 0 Å². The standard InChI is InChI=1S/C13H15N3O3S/c1-9(19-10-6-4-3-5-7-10)12(17)14-13-16-15-11(20-13)8-18-2/h3-7,9H,8H2,1-2H3,(H,14,16,17). The molecule has 0 radical (unpaired) electrons. The summed E-state index contributed by atoms with van der Waals surface area (Å²) in [7, 11) is 1.58. The lowest BCUT2D eigenvalue weighted by atomic mass is 10.3. The molecule has 0 saturated carbocycles. The van der Waals surface area contributed by atoms with E-state index in [2.05, 4.69) is 15.5 Å². The van der Waals surface area contributed by atoms with Gasteiger partial charge in [0.2, 0.25) is 5.13 Å². The molecule has 1 unspecified atom stereocenters. The Kier molecular flexibility index (Phi) is 5.03. The van der Waals surface area contributed by atoms with Crippen LogP contribution in [0, 0.1) is 0 Å². The van der Waals surface area contributed by atoms with Crippen LogP contribution in [0.15, 0.2) is 30.3 Å². The number of carbonyl (C=O) groups is 1. The molecule has 0 fully saturated rings. The van der Waals surface area contributed by atoms with E-state index in [1.165, 1.54) is 11.3 Å². The third-order valence-electron chi connectivity index (χ3n) is 2.39. The second-order valence-corrected chi connectivity index (χ2v) is 5.06. The fourth-order valence-corrected chi connectivity index (χ4v) is 2.16. The number of carbonyl (C=O) groups excluding carboxylic acids is 1. The molecule has 1 aromatic heterocycles. The van der Waals surface area contributed by atoms with Gasteiger partial charge in [0.05, 0.1) is 0 Å². The number of para-hydroxylation sites is 1. The first-order chi connectivity index (χ1) is 9.69. The van der Waals surface area contributed by atoms with Crippen LogP contribution in [-0.2, 0) is 16.1 Å². The van der Waals surface area contributed by atoms with E-state index in [1.807, 2.05) is 18.2 Å². The lowest BCUT2D eigenvalue weighted by Crippen LogP contribution is -2.30. The van der Waals surface area contributed by atoms with E-state index < -0.39 is 6.10 Å². The van der Waals surface area contributed by atoms with Gasteiger partial charge in [0.1, 0.15) is 17.4 Å². The molecule has 1 heterocycles. The molecule has 1 aromatic carbocycles. The summed E-state index contributed by atoms with van der Waals surface area (Å²) in [5, 5.41) is 11.6. The van der Waals surface area contributed by atoms with Crippen LogP contribution in [0.2, 0.25) is 0 Å². The molecule has 0 aliphatic rings. The molecular weight excluding hydrogens is 278 g/mol. The summed E-state index contributed by atoms with van der Waals surface area (Å²) < 4.78 is 10.5. The number of hydrogen-bond donors (Lipinski definition) is 1. The van der Waals surface area contributed by atoms with Crippen molar-refractivity contribution >= 4 is 22.4 Å². The quantitative estimate of drug-likeness (QED) is 0.883. The maximum Gasteiger partial charge on any atom is 0.266 e. The third kappa shape index (κ3) is 4.01. The number of hydrogen-bond acceptors (Lipinski definition) is 6. The van der Waals surface area contributed by atoms with E-state index in [0.29, 0.717) is 22.5 Å². The van der Waals surface area contributed by atoms with Gasteiger partial charge in [-0.3, -0.25) is 10.1 Å². The second-order valence-electron chi connectivity index (χ2n) is 4.00. The van der Waals surface area contributed by atoms with Crippen molar-refractivity contribution < 1.29 is 14.3 Å². The predicted molar refractivity (Wildman–Crippen MR) is 75.8 cm³/mol. The molecule has 0 bridgehead atoms. The number of ether oxygens (including phenoxy) is 2. The predicted octanol–water partition coefficient (Wildman–Crippen LogP) is 2.09. The zero-order chi connectivity index (χ0) is 14.4. The zero-order valence-corrected chi connectivity index (χ0v) is 12.0. The van der Waals surface area contributed by atoms with E-state index in [4.69, 9.17) is 9.47 Å². The van der Waals surface area contributed by atoms with Crippen LogP contribution in [0.3, 0.4) is 0 Å². The Bertz CT molecular complexity index is 559. The Hall–Kier alpha value is -1.99. The van der Waals surface area contributed by atoms with Crippen molar-refractivity contribution in [1.82, 2.24) is 10.2 Å². The minimum Gasteiger partial charge on any atom is -0.481 e. The maximum absolute atomic E-state index is 12.0. The number of nitrogens with one attached hydrogen (secondary N) is 1. The van der Waals surface area contributed by atoms with E-state index >= 15 is 0 Å². The Labute approximate surface area is 120 Å². The SMILES string of the molecule is COCc1nnc(NC(=O)C(C)Oc2ccccc2)s1. The lowest BCUT2D eigenvalue weighted by molar-refractivity contribution is -0.122. The highest BCUT2D eigenvalue weighted by atomic mass is 32.1. The van der Waals surface area contributed by atoms with Gasteiger partial charge < -0.3 is 9.47 Å². The summed E-state index contributed by atoms with van der Waals surface area (Å²) in [6.07, 6.45) is -0.618. The molecule has 1 atom stereocenters. The molecule has 0 saturated heterocycles. The van der Waals surface area contributed by atoms with Gasteiger partial charge in [-0.05, 0) is 19.1 Å². The summed E-state index contributed by atoms with van der Waals surface area (Å²) in [5.41, 5.74) is 0. The topological polar surface area (TPSA) is 73.3 Å². The van der Waals surface area contributed by atoms with E-state index in [0.717, 1.165) is 0 Å². The van der Waals surface area contributed by atoms with Gasteiger partial charge in [0.15, 0.2) is 6.10 Å². The number of amides is 1. The fraction of sp³-hybridized carbons (Fsp3) is 0.308. The maximum atomic E-state index is 12.0. The molecule has 0 spiro atoms.